The van der Waals surface area contributed by atoms with E-state index in [1.54, 1.807) is 4.80 Å². The SMILES string of the molecule is c1ccc(-c2ccc3cc(-c4cc(-c5ccc6cc(-c7ccccc7)ccc6c5)c5nn(-c6ccc(-c7ccncc7)cc6)nc5c4)ccc3c2)cc1. The summed E-state index contributed by atoms with van der Waals surface area (Å²) in [4.78, 5) is 5.92. The zero-order chi connectivity index (χ0) is 35.1. The van der Waals surface area contributed by atoms with Crippen molar-refractivity contribution in [1.82, 2.24) is 20.0 Å². The Labute approximate surface area is 307 Å². The molecule has 0 atom stereocenters. The summed E-state index contributed by atoms with van der Waals surface area (Å²) in [6.07, 6.45) is 3.63. The molecule has 0 radical (unpaired) electrons. The van der Waals surface area contributed by atoms with Crippen molar-refractivity contribution in [3.05, 3.63) is 194 Å². The molecule has 0 amide bonds. The smallest absolute Gasteiger partial charge is 0.121 e. The van der Waals surface area contributed by atoms with Crippen LogP contribution in [0.3, 0.4) is 0 Å². The van der Waals surface area contributed by atoms with Gasteiger partial charge in [0, 0.05) is 18.0 Å². The highest BCUT2D eigenvalue weighted by molar-refractivity contribution is 6.00. The maximum atomic E-state index is 5.11. The molecule has 248 valence electrons. The Morgan fingerprint density at radius 1 is 0.321 bits per heavy atom. The van der Waals surface area contributed by atoms with E-state index in [4.69, 9.17) is 10.2 Å². The van der Waals surface area contributed by atoms with Gasteiger partial charge in [0.05, 0.1) is 5.69 Å². The van der Waals surface area contributed by atoms with Crippen LogP contribution in [0.25, 0.3) is 93.9 Å². The van der Waals surface area contributed by atoms with Gasteiger partial charge in [0.25, 0.3) is 0 Å². The molecule has 2 aromatic heterocycles. The summed E-state index contributed by atoms with van der Waals surface area (Å²) in [5.41, 5.74) is 14.1. The van der Waals surface area contributed by atoms with Gasteiger partial charge in [0.15, 0.2) is 0 Å². The first kappa shape index (κ1) is 30.6. The molecule has 10 rings (SSSR count). The number of rotatable bonds is 6. The lowest BCUT2D eigenvalue weighted by Crippen LogP contribution is -1.98. The second-order valence-electron chi connectivity index (χ2n) is 13.4. The first-order valence-corrected chi connectivity index (χ1v) is 17.8. The Morgan fingerprint density at radius 2 is 0.774 bits per heavy atom. The third-order valence-electron chi connectivity index (χ3n) is 10.1. The maximum Gasteiger partial charge on any atom is 0.121 e. The van der Waals surface area contributed by atoms with Crippen LogP contribution >= 0.6 is 0 Å². The zero-order valence-electron chi connectivity index (χ0n) is 28.8. The summed E-state index contributed by atoms with van der Waals surface area (Å²) >= 11 is 0. The quantitative estimate of drug-likeness (QED) is 0.176. The van der Waals surface area contributed by atoms with Gasteiger partial charge in [-0.2, -0.15) is 4.80 Å². The molecular weight excluding hydrogens is 645 g/mol. The van der Waals surface area contributed by atoms with E-state index in [0.717, 1.165) is 50.1 Å². The highest BCUT2D eigenvalue weighted by Crippen LogP contribution is 2.37. The molecule has 8 aromatic carbocycles. The fourth-order valence-electron chi connectivity index (χ4n) is 7.31. The molecule has 53 heavy (non-hydrogen) atoms. The molecule has 0 aliphatic heterocycles. The topological polar surface area (TPSA) is 43.6 Å². The minimum atomic E-state index is 0.842. The van der Waals surface area contributed by atoms with E-state index in [0.29, 0.717) is 0 Å². The summed E-state index contributed by atoms with van der Waals surface area (Å²) in [7, 11) is 0. The number of hydrogen-bond donors (Lipinski definition) is 0. The molecule has 0 bridgehead atoms. The van der Waals surface area contributed by atoms with E-state index in [-0.39, 0.29) is 0 Å². The number of fused-ring (bicyclic) bond motifs is 3. The summed E-state index contributed by atoms with van der Waals surface area (Å²) in [6, 6.07) is 64.7. The van der Waals surface area contributed by atoms with Gasteiger partial charge in [-0.05, 0) is 132 Å². The third-order valence-corrected chi connectivity index (χ3v) is 10.1. The monoisotopic (exact) mass is 676 g/mol. The fourth-order valence-corrected chi connectivity index (χ4v) is 7.31. The second-order valence-corrected chi connectivity index (χ2v) is 13.4. The lowest BCUT2D eigenvalue weighted by molar-refractivity contribution is 0.766. The van der Waals surface area contributed by atoms with Gasteiger partial charge < -0.3 is 0 Å². The minimum Gasteiger partial charge on any atom is -0.265 e. The van der Waals surface area contributed by atoms with Crippen LogP contribution < -0.4 is 0 Å². The first-order chi connectivity index (χ1) is 26.2. The molecule has 0 aliphatic rings. The zero-order valence-corrected chi connectivity index (χ0v) is 28.8. The van der Waals surface area contributed by atoms with Crippen LogP contribution in [-0.4, -0.2) is 20.0 Å². The van der Waals surface area contributed by atoms with Gasteiger partial charge in [0.2, 0.25) is 0 Å². The number of pyridine rings is 1. The van der Waals surface area contributed by atoms with Crippen LogP contribution in [0, 0.1) is 0 Å². The van der Waals surface area contributed by atoms with Crippen LogP contribution in [0.1, 0.15) is 0 Å². The van der Waals surface area contributed by atoms with Gasteiger partial charge in [-0.15, -0.1) is 10.2 Å². The van der Waals surface area contributed by atoms with Crippen LogP contribution in [0.2, 0.25) is 0 Å². The van der Waals surface area contributed by atoms with E-state index < -0.39 is 0 Å². The molecule has 10 aromatic rings. The van der Waals surface area contributed by atoms with E-state index in [1.807, 2.05) is 24.5 Å². The van der Waals surface area contributed by atoms with Gasteiger partial charge >= 0.3 is 0 Å². The Bertz CT molecular complexity index is 2910. The average Bonchev–Trinajstić information content (AvgIpc) is 3.68. The van der Waals surface area contributed by atoms with Crippen molar-refractivity contribution in [3.8, 4) is 61.3 Å². The molecule has 2 heterocycles. The summed E-state index contributed by atoms with van der Waals surface area (Å²) in [6.45, 7) is 0. The van der Waals surface area contributed by atoms with Crippen LogP contribution in [0.15, 0.2) is 194 Å². The van der Waals surface area contributed by atoms with E-state index in [2.05, 4.69) is 175 Å². The Balaban J connectivity index is 1.09. The molecule has 0 spiro atoms. The Hall–Kier alpha value is -7.17. The van der Waals surface area contributed by atoms with Crippen LogP contribution in [0.4, 0.5) is 0 Å². The largest absolute Gasteiger partial charge is 0.265 e. The molecular formula is C49H32N4. The van der Waals surface area contributed by atoms with Gasteiger partial charge in [-0.25, -0.2) is 0 Å². The second kappa shape index (κ2) is 12.9. The Kier molecular flexibility index (Phi) is 7.43. The van der Waals surface area contributed by atoms with Crippen LogP contribution in [-0.2, 0) is 0 Å². The van der Waals surface area contributed by atoms with Crippen molar-refractivity contribution in [2.24, 2.45) is 0 Å². The van der Waals surface area contributed by atoms with Gasteiger partial charge in [-0.1, -0.05) is 121 Å². The van der Waals surface area contributed by atoms with Gasteiger partial charge in [-0.3, -0.25) is 4.98 Å². The number of benzene rings is 8. The average molecular weight is 677 g/mol. The molecule has 0 N–H and O–H groups in total. The predicted octanol–water partition coefficient (Wildman–Crippen LogP) is 12.5. The van der Waals surface area contributed by atoms with Crippen molar-refractivity contribution in [2.45, 2.75) is 0 Å². The van der Waals surface area contributed by atoms with Crippen LogP contribution in [0.5, 0.6) is 0 Å². The highest BCUT2D eigenvalue weighted by atomic mass is 15.5. The normalized spacial score (nSPS) is 11.4. The molecule has 0 saturated carbocycles. The molecule has 0 unspecified atom stereocenters. The molecule has 0 aliphatic carbocycles. The lowest BCUT2D eigenvalue weighted by Gasteiger charge is -2.11. The van der Waals surface area contributed by atoms with Crippen molar-refractivity contribution in [2.75, 3.05) is 0 Å². The molecule has 0 saturated heterocycles. The lowest BCUT2D eigenvalue weighted by atomic mass is 9.93. The third kappa shape index (κ3) is 5.82. The maximum absolute atomic E-state index is 5.11. The minimum absolute atomic E-state index is 0.842. The predicted molar refractivity (Wildman–Crippen MR) is 219 cm³/mol. The van der Waals surface area contributed by atoms with Crippen molar-refractivity contribution in [3.63, 3.8) is 0 Å². The van der Waals surface area contributed by atoms with Crippen molar-refractivity contribution < 1.29 is 0 Å². The Morgan fingerprint density at radius 3 is 1.34 bits per heavy atom. The molecule has 0 fully saturated rings. The van der Waals surface area contributed by atoms with E-state index >= 15 is 0 Å². The first-order valence-electron chi connectivity index (χ1n) is 17.8. The number of nitrogens with zero attached hydrogens (tertiary/aromatic N) is 4. The molecule has 4 heteroatoms. The fraction of sp³-hybridized carbons (Fsp3) is 0. The summed E-state index contributed by atoms with van der Waals surface area (Å²) in [5, 5.41) is 15.0. The highest BCUT2D eigenvalue weighted by Gasteiger charge is 2.16. The van der Waals surface area contributed by atoms with Crippen molar-refractivity contribution >= 4 is 32.6 Å². The molecule has 4 nitrogen and oxygen atoms in total. The number of hydrogen-bond acceptors (Lipinski definition) is 3. The standard InChI is InChI=1S/C49H32N4/c1-3-7-33(8-4-1)37-11-13-40-29-43(16-15-39(40)27-37)45-31-47(44-18-17-41-28-38(12-14-42(41)30-44)34-9-5-2-6-10-34)49-48(32-45)51-53(52-49)46-21-19-35(20-22-46)36-23-25-50-26-24-36/h1-32H. The van der Waals surface area contributed by atoms with Crippen molar-refractivity contribution in [1.29, 1.82) is 0 Å². The van der Waals surface area contributed by atoms with E-state index in [1.165, 1.54) is 43.8 Å². The number of aromatic nitrogens is 4. The van der Waals surface area contributed by atoms with E-state index in [9.17, 15) is 0 Å². The van der Waals surface area contributed by atoms with Gasteiger partial charge in [0.1, 0.15) is 11.0 Å². The summed E-state index contributed by atoms with van der Waals surface area (Å²) in [5.74, 6) is 0. The summed E-state index contributed by atoms with van der Waals surface area (Å²) < 4.78 is 0.